The molecule has 0 atom stereocenters. The summed E-state index contributed by atoms with van der Waals surface area (Å²) >= 11 is 0. The van der Waals surface area contributed by atoms with E-state index in [4.69, 9.17) is 9.05 Å². The van der Waals surface area contributed by atoms with Crippen LogP contribution in [0.4, 0.5) is 0 Å². The van der Waals surface area contributed by atoms with E-state index in [1.807, 2.05) is 0 Å². The highest BCUT2D eigenvalue weighted by Gasteiger charge is 2.44. The topological polar surface area (TPSA) is 61.6 Å². The predicted octanol–water partition coefficient (Wildman–Crippen LogP) is 2.38. The number of hydrogen-bond acceptors (Lipinski definition) is 4. The van der Waals surface area contributed by atoms with Crippen molar-refractivity contribution in [1.82, 2.24) is 0 Å². The van der Waals surface area contributed by atoms with E-state index in [2.05, 4.69) is 0 Å². The van der Waals surface area contributed by atoms with Crippen LogP contribution in [0.2, 0.25) is 0 Å². The van der Waals surface area contributed by atoms with E-state index in [-0.39, 0.29) is 4.92 Å². The first-order valence-electron chi connectivity index (χ1n) is 4.17. The average Bonchev–Trinajstić information content (AvgIpc) is 2.03. The van der Waals surface area contributed by atoms with Gasteiger partial charge in [-0.1, -0.05) is 0 Å². The second-order valence-corrected chi connectivity index (χ2v) is 4.97. The molecule has 0 spiro atoms. The molecule has 0 unspecified atom stereocenters. The second-order valence-electron chi connectivity index (χ2n) is 2.84. The van der Waals surface area contributed by atoms with Crippen LogP contribution in [-0.4, -0.2) is 23.4 Å². The Morgan fingerprint density at radius 1 is 1.31 bits per heavy atom. The molecule has 0 heterocycles. The lowest BCUT2D eigenvalue weighted by molar-refractivity contribution is -0.534. The molecule has 0 saturated carbocycles. The van der Waals surface area contributed by atoms with Crippen LogP contribution < -0.4 is 0 Å². The molecule has 0 N–H and O–H groups in total. The maximum absolute atomic E-state index is 10.7. The van der Waals surface area contributed by atoms with Crippen molar-refractivity contribution >= 4 is 8.38 Å². The summed E-state index contributed by atoms with van der Waals surface area (Å²) in [7, 11) is -1.44. The van der Waals surface area contributed by atoms with E-state index in [1.54, 1.807) is 13.8 Å². The zero-order chi connectivity index (χ0) is 10.5. The molecule has 0 radical (unpaired) electrons. The number of nitro groups is 1. The molecule has 0 aromatic rings. The maximum atomic E-state index is 10.7. The van der Waals surface area contributed by atoms with Crippen molar-refractivity contribution in [1.29, 1.82) is 0 Å². The van der Waals surface area contributed by atoms with Gasteiger partial charge in [0.05, 0.1) is 13.2 Å². The van der Waals surface area contributed by atoms with Crippen molar-refractivity contribution < 1.29 is 14.0 Å². The molecule has 5 nitrogen and oxygen atoms in total. The zero-order valence-corrected chi connectivity index (χ0v) is 9.34. The van der Waals surface area contributed by atoms with Crippen molar-refractivity contribution in [3.8, 4) is 0 Å². The number of rotatable bonds is 6. The van der Waals surface area contributed by atoms with Gasteiger partial charge in [0.25, 0.3) is 13.7 Å². The Kier molecular flexibility index (Phi) is 5.37. The van der Waals surface area contributed by atoms with Crippen LogP contribution in [0.5, 0.6) is 0 Å². The number of hydrogen-bond donors (Lipinski definition) is 0. The first-order valence-corrected chi connectivity index (χ1v) is 5.35. The number of nitrogens with zero attached hydrogens (tertiary/aromatic N) is 1. The second kappa shape index (κ2) is 5.47. The lowest BCUT2D eigenvalue weighted by atomic mass is 10.4. The van der Waals surface area contributed by atoms with Gasteiger partial charge in [-0.2, -0.15) is 0 Å². The Labute approximate surface area is 79.5 Å². The zero-order valence-electron chi connectivity index (χ0n) is 8.44. The van der Waals surface area contributed by atoms with Gasteiger partial charge < -0.3 is 9.05 Å². The van der Waals surface area contributed by atoms with E-state index in [0.717, 1.165) is 0 Å². The normalized spacial score (nSPS) is 12.1. The Balaban J connectivity index is 4.41. The van der Waals surface area contributed by atoms with Gasteiger partial charge in [0.15, 0.2) is 0 Å². The summed E-state index contributed by atoms with van der Waals surface area (Å²) in [5.41, 5.74) is 0. The van der Waals surface area contributed by atoms with Crippen LogP contribution in [0.25, 0.3) is 0 Å². The standard InChI is InChI=1S/C7H16NO4P/c1-5-11-13(12-6-2)7(3,4)8(9)10/h5-6H2,1-4H3. The first kappa shape index (κ1) is 12.8. The summed E-state index contributed by atoms with van der Waals surface area (Å²) in [5.74, 6) is 0. The Bertz CT molecular complexity index is 168. The molecule has 0 aliphatic heterocycles. The van der Waals surface area contributed by atoms with Gasteiger partial charge >= 0.3 is 0 Å². The van der Waals surface area contributed by atoms with Crippen LogP contribution in [-0.2, 0) is 9.05 Å². The minimum absolute atomic E-state index is 0.357. The summed E-state index contributed by atoms with van der Waals surface area (Å²) in [6.45, 7) is 7.49. The molecule has 0 aliphatic rings. The van der Waals surface area contributed by atoms with Crippen molar-refractivity contribution in [2.24, 2.45) is 0 Å². The summed E-state index contributed by atoms with van der Waals surface area (Å²) in [5, 5.41) is 9.54. The fourth-order valence-electron chi connectivity index (χ4n) is 0.654. The Morgan fingerprint density at radius 3 is 1.92 bits per heavy atom. The fourth-order valence-corrected chi connectivity index (χ4v) is 1.96. The predicted molar refractivity (Wildman–Crippen MR) is 51.2 cm³/mol. The third-order valence-corrected chi connectivity index (χ3v) is 3.43. The van der Waals surface area contributed by atoms with Crippen LogP contribution in [0, 0.1) is 10.1 Å². The summed E-state index contributed by atoms with van der Waals surface area (Å²) in [6.07, 6.45) is 0. The van der Waals surface area contributed by atoms with E-state index >= 15 is 0 Å². The third kappa shape index (κ3) is 3.55. The Hall–Kier alpha value is -0.250. The molecule has 0 aromatic carbocycles. The van der Waals surface area contributed by atoms with Crippen molar-refractivity contribution in [3.05, 3.63) is 10.1 Å². The first-order chi connectivity index (χ1) is 5.96. The minimum Gasteiger partial charge on any atom is -0.329 e. The van der Waals surface area contributed by atoms with Gasteiger partial charge in [-0.25, -0.2) is 0 Å². The lowest BCUT2D eigenvalue weighted by Crippen LogP contribution is -2.30. The molecule has 0 saturated heterocycles. The van der Waals surface area contributed by atoms with Crippen molar-refractivity contribution in [2.75, 3.05) is 13.2 Å². The van der Waals surface area contributed by atoms with Gasteiger partial charge in [0.1, 0.15) is 0 Å². The van der Waals surface area contributed by atoms with E-state index in [0.29, 0.717) is 13.2 Å². The SMILES string of the molecule is CCOP(OCC)C(C)(C)[N+](=O)[O-]. The molecular formula is C7H16NO4P. The monoisotopic (exact) mass is 209 g/mol. The van der Waals surface area contributed by atoms with E-state index in [9.17, 15) is 10.1 Å². The molecule has 0 aliphatic carbocycles. The molecule has 13 heavy (non-hydrogen) atoms. The third-order valence-electron chi connectivity index (χ3n) is 1.39. The molecule has 0 fully saturated rings. The van der Waals surface area contributed by atoms with Crippen LogP contribution in [0.3, 0.4) is 0 Å². The molecule has 6 heteroatoms. The van der Waals surface area contributed by atoms with Gasteiger partial charge in [-0.05, 0) is 13.8 Å². The van der Waals surface area contributed by atoms with Crippen molar-refractivity contribution in [2.45, 2.75) is 33.0 Å². The average molecular weight is 209 g/mol. The Morgan fingerprint density at radius 2 is 1.69 bits per heavy atom. The maximum Gasteiger partial charge on any atom is 0.282 e. The quantitative estimate of drug-likeness (QED) is 0.382. The highest BCUT2D eigenvalue weighted by molar-refractivity contribution is 7.48. The van der Waals surface area contributed by atoms with Gasteiger partial charge in [-0.3, -0.25) is 10.1 Å². The summed E-state index contributed by atoms with van der Waals surface area (Å²) in [4.78, 5) is 10.3. The summed E-state index contributed by atoms with van der Waals surface area (Å²) < 4.78 is 10.4. The molecule has 78 valence electrons. The minimum atomic E-state index is -1.44. The highest BCUT2D eigenvalue weighted by atomic mass is 31.2. The molecule has 0 aromatic heterocycles. The molecule has 0 rings (SSSR count). The van der Waals surface area contributed by atoms with Crippen LogP contribution in [0.15, 0.2) is 0 Å². The smallest absolute Gasteiger partial charge is 0.282 e. The van der Waals surface area contributed by atoms with E-state index in [1.165, 1.54) is 13.8 Å². The van der Waals surface area contributed by atoms with Crippen LogP contribution >= 0.6 is 8.38 Å². The molecule has 0 bridgehead atoms. The molecular weight excluding hydrogens is 193 g/mol. The van der Waals surface area contributed by atoms with Gasteiger partial charge in [0.2, 0.25) is 0 Å². The van der Waals surface area contributed by atoms with Gasteiger partial charge in [0, 0.05) is 18.8 Å². The largest absolute Gasteiger partial charge is 0.329 e. The molecule has 0 amide bonds. The van der Waals surface area contributed by atoms with E-state index < -0.39 is 13.7 Å². The fraction of sp³-hybridized carbons (Fsp3) is 1.00. The van der Waals surface area contributed by atoms with Crippen LogP contribution in [0.1, 0.15) is 27.7 Å². The summed E-state index contributed by atoms with van der Waals surface area (Å²) in [6, 6.07) is 0. The highest BCUT2D eigenvalue weighted by Crippen LogP contribution is 2.51. The lowest BCUT2D eigenvalue weighted by Gasteiger charge is -2.24. The van der Waals surface area contributed by atoms with Crippen molar-refractivity contribution in [3.63, 3.8) is 0 Å². The van der Waals surface area contributed by atoms with Gasteiger partial charge in [-0.15, -0.1) is 0 Å².